The molecule has 1 aliphatic heterocycles. The van der Waals surface area contributed by atoms with Crippen LogP contribution in [0.2, 0.25) is 0 Å². The maximum Gasteiger partial charge on any atom is 0.324 e. The molecule has 0 saturated carbocycles. The standard InChI is InChI=1S/C23H29N3O3/c1-17(2)19-7-5-18(6-8-19)16-25(20-9-11-21(29-3)12-10-20)13-4-14-26-22(27)15-24-23(26)28/h5-12,17H,4,13-16H2,1-3H3,(H,24,28). The first-order valence-corrected chi connectivity index (χ1v) is 10.0. The van der Waals surface area contributed by atoms with Crippen LogP contribution in [0.5, 0.6) is 5.75 Å². The Hall–Kier alpha value is -3.02. The molecule has 0 spiro atoms. The third-order valence-electron chi connectivity index (χ3n) is 5.20. The maximum atomic E-state index is 11.8. The van der Waals surface area contributed by atoms with Crippen molar-refractivity contribution in [3.05, 3.63) is 59.7 Å². The summed E-state index contributed by atoms with van der Waals surface area (Å²) in [6, 6.07) is 16.4. The highest BCUT2D eigenvalue weighted by Gasteiger charge is 2.27. The van der Waals surface area contributed by atoms with Crippen molar-refractivity contribution in [1.29, 1.82) is 0 Å². The van der Waals surface area contributed by atoms with E-state index in [0.29, 0.717) is 18.9 Å². The smallest absolute Gasteiger partial charge is 0.324 e. The van der Waals surface area contributed by atoms with Gasteiger partial charge in [-0.1, -0.05) is 38.1 Å². The lowest BCUT2D eigenvalue weighted by Crippen LogP contribution is -2.34. The monoisotopic (exact) mass is 395 g/mol. The summed E-state index contributed by atoms with van der Waals surface area (Å²) in [5.74, 6) is 1.16. The number of amides is 3. The molecule has 1 fully saturated rings. The van der Waals surface area contributed by atoms with Crippen molar-refractivity contribution in [2.45, 2.75) is 32.7 Å². The summed E-state index contributed by atoms with van der Waals surface area (Å²) in [6.07, 6.45) is 0.704. The van der Waals surface area contributed by atoms with Crippen LogP contribution in [0.15, 0.2) is 48.5 Å². The summed E-state index contributed by atoms with van der Waals surface area (Å²) in [7, 11) is 1.65. The number of rotatable bonds is 9. The lowest BCUT2D eigenvalue weighted by molar-refractivity contribution is -0.125. The van der Waals surface area contributed by atoms with Crippen molar-refractivity contribution >= 4 is 17.6 Å². The summed E-state index contributed by atoms with van der Waals surface area (Å²) in [5, 5.41) is 2.57. The maximum absolute atomic E-state index is 11.8. The molecule has 3 amide bonds. The highest BCUT2D eigenvalue weighted by Crippen LogP contribution is 2.23. The fourth-order valence-corrected chi connectivity index (χ4v) is 3.42. The number of imide groups is 1. The first-order valence-electron chi connectivity index (χ1n) is 10.0. The fourth-order valence-electron chi connectivity index (χ4n) is 3.42. The van der Waals surface area contributed by atoms with Crippen LogP contribution in [0.3, 0.4) is 0 Å². The SMILES string of the molecule is COc1ccc(N(CCCN2C(=O)CNC2=O)Cc2ccc(C(C)C)cc2)cc1. The Morgan fingerprint density at radius 2 is 1.76 bits per heavy atom. The number of carbonyl (C=O) groups is 2. The first-order chi connectivity index (χ1) is 14.0. The van der Waals surface area contributed by atoms with Crippen LogP contribution in [-0.2, 0) is 11.3 Å². The fraction of sp³-hybridized carbons (Fsp3) is 0.391. The second-order valence-electron chi connectivity index (χ2n) is 7.57. The molecule has 0 aromatic heterocycles. The predicted octanol–water partition coefficient (Wildman–Crippen LogP) is 3.77. The minimum Gasteiger partial charge on any atom is -0.497 e. The second kappa shape index (κ2) is 9.45. The van der Waals surface area contributed by atoms with Gasteiger partial charge in [0.2, 0.25) is 5.91 Å². The summed E-state index contributed by atoms with van der Waals surface area (Å²) in [4.78, 5) is 27.1. The number of urea groups is 1. The van der Waals surface area contributed by atoms with Crippen molar-refractivity contribution in [2.24, 2.45) is 0 Å². The molecule has 0 bridgehead atoms. The summed E-state index contributed by atoms with van der Waals surface area (Å²) in [6.45, 7) is 6.38. The quantitative estimate of drug-likeness (QED) is 0.657. The van der Waals surface area contributed by atoms with Crippen LogP contribution in [0.25, 0.3) is 0 Å². The molecular weight excluding hydrogens is 366 g/mol. The van der Waals surface area contributed by atoms with Gasteiger partial charge in [0, 0.05) is 25.3 Å². The molecule has 1 saturated heterocycles. The molecule has 0 atom stereocenters. The van der Waals surface area contributed by atoms with Crippen molar-refractivity contribution in [1.82, 2.24) is 10.2 Å². The van der Waals surface area contributed by atoms with Gasteiger partial charge < -0.3 is 15.0 Å². The molecule has 6 heteroatoms. The number of hydrogen-bond acceptors (Lipinski definition) is 4. The Labute approximate surface area is 172 Å². The van der Waals surface area contributed by atoms with Crippen LogP contribution in [0, 0.1) is 0 Å². The average molecular weight is 396 g/mol. The zero-order valence-corrected chi connectivity index (χ0v) is 17.4. The molecule has 0 radical (unpaired) electrons. The van der Waals surface area contributed by atoms with Crippen LogP contribution < -0.4 is 15.0 Å². The zero-order valence-electron chi connectivity index (χ0n) is 17.4. The van der Waals surface area contributed by atoms with E-state index in [-0.39, 0.29) is 18.5 Å². The van der Waals surface area contributed by atoms with E-state index in [1.54, 1.807) is 7.11 Å². The van der Waals surface area contributed by atoms with Gasteiger partial charge in [-0.05, 0) is 47.7 Å². The average Bonchev–Trinajstić information content (AvgIpc) is 3.05. The highest BCUT2D eigenvalue weighted by atomic mass is 16.5. The minimum atomic E-state index is -0.296. The minimum absolute atomic E-state index is 0.100. The Balaban J connectivity index is 1.70. The van der Waals surface area contributed by atoms with E-state index in [4.69, 9.17) is 4.74 Å². The van der Waals surface area contributed by atoms with Gasteiger partial charge in [-0.25, -0.2) is 4.79 Å². The van der Waals surface area contributed by atoms with Crippen molar-refractivity contribution in [3.8, 4) is 5.75 Å². The van der Waals surface area contributed by atoms with E-state index in [9.17, 15) is 9.59 Å². The molecule has 1 N–H and O–H groups in total. The molecule has 3 rings (SSSR count). The lowest BCUT2D eigenvalue weighted by Gasteiger charge is -2.26. The molecule has 29 heavy (non-hydrogen) atoms. The van der Waals surface area contributed by atoms with E-state index in [1.165, 1.54) is 16.0 Å². The lowest BCUT2D eigenvalue weighted by atomic mass is 10.0. The molecule has 2 aromatic rings. The number of nitrogens with zero attached hydrogens (tertiary/aromatic N) is 2. The molecule has 6 nitrogen and oxygen atoms in total. The van der Waals surface area contributed by atoms with Gasteiger partial charge in [-0.3, -0.25) is 9.69 Å². The molecule has 2 aromatic carbocycles. The molecule has 1 heterocycles. The van der Waals surface area contributed by atoms with Crippen LogP contribution in [-0.4, -0.2) is 43.6 Å². The normalized spacial score (nSPS) is 13.7. The number of hydrogen-bond donors (Lipinski definition) is 1. The van der Waals surface area contributed by atoms with Crippen molar-refractivity contribution < 1.29 is 14.3 Å². The van der Waals surface area contributed by atoms with E-state index in [1.807, 2.05) is 24.3 Å². The van der Waals surface area contributed by atoms with Gasteiger partial charge in [-0.2, -0.15) is 0 Å². The highest BCUT2D eigenvalue weighted by molar-refractivity contribution is 6.01. The van der Waals surface area contributed by atoms with Gasteiger partial charge >= 0.3 is 6.03 Å². The number of ether oxygens (including phenoxy) is 1. The molecule has 154 valence electrons. The predicted molar refractivity (Wildman–Crippen MR) is 114 cm³/mol. The Bertz CT molecular complexity index is 815. The van der Waals surface area contributed by atoms with Crippen molar-refractivity contribution in [2.75, 3.05) is 31.6 Å². The Morgan fingerprint density at radius 3 is 2.31 bits per heavy atom. The third-order valence-corrected chi connectivity index (χ3v) is 5.20. The zero-order chi connectivity index (χ0) is 20.8. The number of carbonyl (C=O) groups excluding carboxylic acids is 2. The molecular formula is C23H29N3O3. The Kier molecular flexibility index (Phi) is 6.75. The van der Waals surface area contributed by atoms with E-state index < -0.39 is 0 Å². The number of benzene rings is 2. The van der Waals surface area contributed by atoms with Gasteiger partial charge in [0.15, 0.2) is 0 Å². The van der Waals surface area contributed by atoms with Gasteiger partial charge in [-0.15, -0.1) is 0 Å². The first kappa shape index (κ1) is 20.7. The molecule has 0 unspecified atom stereocenters. The third kappa shape index (κ3) is 5.28. The van der Waals surface area contributed by atoms with Crippen LogP contribution >= 0.6 is 0 Å². The summed E-state index contributed by atoms with van der Waals surface area (Å²) >= 11 is 0. The van der Waals surface area contributed by atoms with Gasteiger partial charge in [0.25, 0.3) is 0 Å². The van der Waals surface area contributed by atoms with Crippen molar-refractivity contribution in [3.63, 3.8) is 0 Å². The number of nitrogens with one attached hydrogen (secondary N) is 1. The number of anilines is 1. The topological polar surface area (TPSA) is 61.9 Å². The largest absolute Gasteiger partial charge is 0.497 e. The van der Waals surface area contributed by atoms with Gasteiger partial charge in [0.05, 0.1) is 13.7 Å². The van der Waals surface area contributed by atoms with E-state index in [2.05, 4.69) is 48.3 Å². The van der Waals surface area contributed by atoms with E-state index >= 15 is 0 Å². The summed E-state index contributed by atoms with van der Waals surface area (Å²) < 4.78 is 5.27. The second-order valence-corrected chi connectivity index (χ2v) is 7.57. The summed E-state index contributed by atoms with van der Waals surface area (Å²) in [5.41, 5.74) is 3.62. The van der Waals surface area contributed by atoms with Gasteiger partial charge in [0.1, 0.15) is 5.75 Å². The van der Waals surface area contributed by atoms with E-state index in [0.717, 1.165) is 24.5 Å². The Morgan fingerprint density at radius 1 is 1.07 bits per heavy atom. The number of methoxy groups -OCH3 is 1. The van der Waals surface area contributed by atoms with Crippen LogP contribution in [0.4, 0.5) is 10.5 Å². The van der Waals surface area contributed by atoms with Crippen LogP contribution in [0.1, 0.15) is 37.3 Å². The molecule has 0 aliphatic carbocycles. The molecule has 1 aliphatic rings.